The van der Waals surface area contributed by atoms with Crippen LogP contribution in [0.25, 0.3) is 22.6 Å². The van der Waals surface area contributed by atoms with E-state index in [0.29, 0.717) is 0 Å². The van der Waals surface area contributed by atoms with Gasteiger partial charge in [-0.25, -0.2) is 0 Å². The fraction of sp³-hybridized carbons (Fsp3) is 0.250. The van der Waals surface area contributed by atoms with Crippen LogP contribution in [-0.2, 0) is 6.42 Å². The van der Waals surface area contributed by atoms with Crippen molar-refractivity contribution in [1.29, 1.82) is 0 Å². The number of aromatic nitrogens is 3. The Morgan fingerprint density at radius 3 is 2.17 bits per heavy atom. The third kappa shape index (κ3) is 4.42. The van der Waals surface area contributed by atoms with E-state index < -0.39 is 0 Å². The van der Waals surface area contributed by atoms with Gasteiger partial charge in [-0.1, -0.05) is 18.6 Å². The number of hydrogen-bond acceptors (Lipinski definition) is 4. The van der Waals surface area contributed by atoms with Gasteiger partial charge in [0.2, 0.25) is 0 Å². The Morgan fingerprint density at radius 2 is 1.54 bits per heavy atom. The molecule has 0 aliphatic carbocycles. The highest BCUT2D eigenvalue weighted by Gasteiger charge is 2.04. The van der Waals surface area contributed by atoms with Gasteiger partial charge in [-0.15, -0.1) is 0 Å². The summed E-state index contributed by atoms with van der Waals surface area (Å²) < 4.78 is 0. The zero-order valence-corrected chi connectivity index (χ0v) is 14.5. The number of hydrogen-bond donors (Lipinski definition) is 1. The largest absolute Gasteiger partial charge is 0.256 e. The lowest BCUT2D eigenvalue weighted by Crippen LogP contribution is -1.92. The molecular weight excluding hydrogens is 314 g/mol. The standard InChI is InChI=1S/C20H21N3S/c24-13-5-1-2-6-16-8-10-19(22-14-16)20-11-9-17(15-23-20)18-7-3-4-12-21-18/h3-4,7-12,14-15,24H,1-2,5-6,13H2. The average Bonchev–Trinajstić information content (AvgIpc) is 2.67. The minimum atomic E-state index is 0.885. The lowest BCUT2D eigenvalue weighted by atomic mass is 10.1. The molecule has 24 heavy (non-hydrogen) atoms. The van der Waals surface area contributed by atoms with Gasteiger partial charge in [0.25, 0.3) is 0 Å². The molecule has 0 unspecified atom stereocenters. The summed E-state index contributed by atoms with van der Waals surface area (Å²) >= 11 is 4.24. The smallest absolute Gasteiger partial charge is 0.0886 e. The van der Waals surface area contributed by atoms with Crippen LogP contribution in [0.2, 0.25) is 0 Å². The Morgan fingerprint density at radius 1 is 0.708 bits per heavy atom. The van der Waals surface area contributed by atoms with E-state index in [1.807, 2.05) is 42.7 Å². The first-order valence-electron chi connectivity index (χ1n) is 8.30. The monoisotopic (exact) mass is 335 g/mol. The number of thiol groups is 1. The zero-order valence-electron chi connectivity index (χ0n) is 13.6. The molecule has 0 aliphatic rings. The first kappa shape index (κ1) is 16.7. The minimum Gasteiger partial charge on any atom is -0.256 e. The Hall–Kier alpha value is -2.20. The molecule has 0 N–H and O–H groups in total. The maximum atomic E-state index is 4.56. The van der Waals surface area contributed by atoms with E-state index in [1.54, 1.807) is 6.20 Å². The minimum absolute atomic E-state index is 0.885. The topological polar surface area (TPSA) is 38.7 Å². The molecule has 3 aromatic heterocycles. The van der Waals surface area contributed by atoms with E-state index in [0.717, 1.165) is 34.8 Å². The van der Waals surface area contributed by atoms with E-state index in [1.165, 1.54) is 24.8 Å². The van der Waals surface area contributed by atoms with Crippen LogP contribution in [0.3, 0.4) is 0 Å². The Bertz CT molecular complexity index is 740. The molecule has 0 bridgehead atoms. The second-order valence-electron chi connectivity index (χ2n) is 5.73. The molecule has 0 aliphatic heterocycles. The van der Waals surface area contributed by atoms with Gasteiger partial charge >= 0.3 is 0 Å². The van der Waals surface area contributed by atoms with Crippen molar-refractivity contribution in [3.63, 3.8) is 0 Å². The van der Waals surface area contributed by atoms with Crippen molar-refractivity contribution in [1.82, 2.24) is 15.0 Å². The Kier molecular flexibility index (Phi) is 5.96. The van der Waals surface area contributed by atoms with Gasteiger partial charge in [0.1, 0.15) is 0 Å². The van der Waals surface area contributed by atoms with E-state index >= 15 is 0 Å². The van der Waals surface area contributed by atoms with Crippen molar-refractivity contribution in [2.24, 2.45) is 0 Å². The summed E-state index contributed by atoms with van der Waals surface area (Å²) in [6.07, 6.45) is 10.3. The lowest BCUT2D eigenvalue weighted by molar-refractivity contribution is 0.722. The molecule has 3 rings (SSSR count). The molecule has 0 saturated carbocycles. The summed E-state index contributed by atoms with van der Waals surface area (Å²) in [6.45, 7) is 0. The maximum absolute atomic E-state index is 4.56. The predicted octanol–water partition coefficient (Wildman–Crippen LogP) is 4.85. The predicted molar refractivity (Wildman–Crippen MR) is 102 cm³/mol. The van der Waals surface area contributed by atoms with Crippen LogP contribution in [-0.4, -0.2) is 20.7 Å². The molecule has 0 aromatic carbocycles. The van der Waals surface area contributed by atoms with Crippen molar-refractivity contribution < 1.29 is 0 Å². The summed E-state index contributed by atoms with van der Waals surface area (Å²) in [6, 6.07) is 14.1. The van der Waals surface area contributed by atoms with E-state index in [-0.39, 0.29) is 0 Å². The summed E-state index contributed by atoms with van der Waals surface area (Å²) in [5, 5.41) is 0. The maximum Gasteiger partial charge on any atom is 0.0886 e. The van der Waals surface area contributed by atoms with Crippen LogP contribution in [0, 0.1) is 0 Å². The second-order valence-corrected chi connectivity index (χ2v) is 6.18. The van der Waals surface area contributed by atoms with Crippen LogP contribution in [0.1, 0.15) is 24.8 Å². The lowest BCUT2D eigenvalue weighted by Gasteiger charge is -2.05. The normalized spacial score (nSPS) is 10.7. The molecule has 0 spiro atoms. The number of aryl methyl sites for hydroxylation is 1. The fourth-order valence-electron chi connectivity index (χ4n) is 2.57. The van der Waals surface area contributed by atoms with Crippen LogP contribution < -0.4 is 0 Å². The number of nitrogens with zero attached hydrogens (tertiary/aromatic N) is 3. The van der Waals surface area contributed by atoms with E-state index in [2.05, 4.69) is 39.7 Å². The second kappa shape index (κ2) is 8.60. The van der Waals surface area contributed by atoms with Gasteiger partial charge in [-0.3, -0.25) is 15.0 Å². The average molecular weight is 335 g/mol. The molecule has 0 radical (unpaired) electrons. The van der Waals surface area contributed by atoms with Gasteiger partial charge in [0.15, 0.2) is 0 Å². The van der Waals surface area contributed by atoms with Crippen molar-refractivity contribution in [3.8, 4) is 22.6 Å². The van der Waals surface area contributed by atoms with Crippen molar-refractivity contribution >= 4 is 12.6 Å². The van der Waals surface area contributed by atoms with Crippen molar-refractivity contribution in [2.75, 3.05) is 5.75 Å². The van der Waals surface area contributed by atoms with Crippen LogP contribution >= 0.6 is 12.6 Å². The van der Waals surface area contributed by atoms with Gasteiger partial charge in [-0.05, 0) is 60.9 Å². The molecule has 3 aromatic rings. The SMILES string of the molecule is SCCCCCc1ccc(-c2ccc(-c3ccccn3)cn2)nc1. The molecule has 122 valence electrons. The highest BCUT2D eigenvalue weighted by molar-refractivity contribution is 7.80. The highest BCUT2D eigenvalue weighted by Crippen LogP contribution is 2.20. The van der Waals surface area contributed by atoms with Crippen LogP contribution in [0.4, 0.5) is 0 Å². The first-order valence-corrected chi connectivity index (χ1v) is 8.94. The molecule has 3 heterocycles. The van der Waals surface area contributed by atoms with E-state index in [4.69, 9.17) is 0 Å². The van der Waals surface area contributed by atoms with Crippen molar-refractivity contribution in [3.05, 3.63) is 66.6 Å². The molecule has 0 atom stereocenters. The fourth-order valence-corrected chi connectivity index (χ4v) is 2.80. The molecule has 0 fully saturated rings. The van der Waals surface area contributed by atoms with Gasteiger partial charge < -0.3 is 0 Å². The summed E-state index contributed by atoms with van der Waals surface area (Å²) in [7, 11) is 0. The van der Waals surface area contributed by atoms with Crippen molar-refractivity contribution in [2.45, 2.75) is 25.7 Å². The first-order chi connectivity index (χ1) is 11.9. The van der Waals surface area contributed by atoms with Crippen LogP contribution in [0.15, 0.2) is 61.1 Å². The summed E-state index contributed by atoms with van der Waals surface area (Å²) in [4.78, 5) is 13.4. The van der Waals surface area contributed by atoms with Gasteiger partial charge in [0.05, 0.1) is 17.1 Å². The molecule has 0 saturated heterocycles. The number of pyridine rings is 3. The van der Waals surface area contributed by atoms with Crippen LogP contribution in [0.5, 0.6) is 0 Å². The molecule has 4 heteroatoms. The number of rotatable bonds is 7. The van der Waals surface area contributed by atoms with E-state index in [9.17, 15) is 0 Å². The van der Waals surface area contributed by atoms with Gasteiger partial charge in [-0.2, -0.15) is 12.6 Å². The Balaban J connectivity index is 1.66. The zero-order chi connectivity index (χ0) is 16.6. The quantitative estimate of drug-likeness (QED) is 0.495. The molecular formula is C20H21N3S. The van der Waals surface area contributed by atoms with Gasteiger partial charge in [0, 0.05) is 24.2 Å². The number of unbranched alkanes of at least 4 members (excludes halogenated alkanes) is 2. The Labute approximate surface area is 148 Å². The molecule has 0 amide bonds. The summed E-state index contributed by atoms with van der Waals surface area (Å²) in [5.41, 5.74) is 5.02. The highest BCUT2D eigenvalue weighted by atomic mass is 32.1. The third-order valence-electron chi connectivity index (χ3n) is 3.93. The summed E-state index contributed by atoms with van der Waals surface area (Å²) in [5.74, 6) is 0.970. The molecule has 3 nitrogen and oxygen atoms in total. The third-order valence-corrected chi connectivity index (χ3v) is 4.25.